The van der Waals surface area contributed by atoms with Crippen LogP contribution in [-0.2, 0) is 5.41 Å². The first-order valence-corrected chi connectivity index (χ1v) is 20.5. The van der Waals surface area contributed by atoms with Crippen LogP contribution in [0.3, 0.4) is 0 Å². The standard InChI is InChI=1S/C57H39NO/c1-57(2)50-21-10-8-16-44(50)45-32-31-41(35-51(45)57)58(39-27-23-37(24-28-39)36-13-4-3-5-14-36)40-29-25-38(26-30-40)42-19-12-20-46-43-15-6-7-17-47(43)55-49(54(42)46)33-34-53-56(55)48-18-9-11-22-52(48)59-53/h3-35H,1-2H3. The van der Waals surface area contributed by atoms with Crippen LogP contribution in [0.2, 0.25) is 0 Å². The van der Waals surface area contributed by atoms with Gasteiger partial charge in [0.1, 0.15) is 11.2 Å². The summed E-state index contributed by atoms with van der Waals surface area (Å²) < 4.78 is 6.42. The Balaban J connectivity index is 1.04. The summed E-state index contributed by atoms with van der Waals surface area (Å²) in [6.07, 6.45) is 0. The highest BCUT2D eigenvalue weighted by molar-refractivity contribution is 6.36. The van der Waals surface area contributed by atoms with E-state index < -0.39 is 0 Å². The number of nitrogens with zero attached hydrogens (tertiary/aromatic N) is 1. The smallest absolute Gasteiger partial charge is 0.136 e. The minimum absolute atomic E-state index is 0.107. The first-order valence-electron chi connectivity index (χ1n) is 20.5. The average Bonchev–Trinajstić information content (AvgIpc) is 3.79. The van der Waals surface area contributed by atoms with Gasteiger partial charge in [-0.3, -0.25) is 0 Å². The summed E-state index contributed by atoms with van der Waals surface area (Å²) in [7, 11) is 0. The largest absolute Gasteiger partial charge is 0.456 e. The lowest BCUT2D eigenvalue weighted by Crippen LogP contribution is -2.16. The molecule has 1 aliphatic rings. The topological polar surface area (TPSA) is 16.4 Å². The maximum atomic E-state index is 6.42. The Bertz CT molecular complexity index is 3450. The van der Waals surface area contributed by atoms with E-state index >= 15 is 0 Å². The molecule has 0 bridgehead atoms. The zero-order chi connectivity index (χ0) is 39.2. The molecule has 0 spiro atoms. The first-order chi connectivity index (χ1) is 29.0. The molecule has 0 amide bonds. The van der Waals surface area contributed by atoms with E-state index in [1.807, 2.05) is 6.07 Å². The van der Waals surface area contributed by atoms with E-state index in [1.165, 1.54) is 82.2 Å². The number of rotatable bonds is 5. The van der Waals surface area contributed by atoms with Crippen molar-refractivity contribution in [1.29, 1.82) is 0 Å². The van der Waals surface area contributed by atoms with E-state index in [4.69, 9.17) is 4.42 Å². The van der Waals surface area contributed by atoms with Gasteiger partial charge < -0.3 is 9.32 Å². The van der Waals surface area contributed by atoms with Crippen LogP contribution in [0, 0.1) is 0 Å². The Morgan fingerprint density at radius 1 is 0.339 bits per heavy atom. The highest BCUT2D eigenvalue weighted by Crippen LogP contribution is 2.51. The summed E-state index contributed by atoms with van der Waals surface area (Å²) in [5.74, 6) is 0. The lowest BCUT2D eigenvalue weighted by Gasteiger charge is -2.28. The van der Waals surface area contributed by atoms with Gasteiger partial charge in [0.25, 0.3) is 0 Å². The Morgan fingerprint density at radius 2 is 0.915 bits per heavy atom. The molecule has 278 valence electrons. The van der Waals surface area contributed by atoms with Crippen molar-refractivity contribution in [3.8, 4) is 33.4 Å². The van der Waals surface area contributed by atoms with E-state index in [-0.39, 0.29) is 5.41 Å². The second-order valence-corrected chi connectivity index (χ2v) is 16.4. The maximum absolute atomic E-state index is 6.42. The molecular formula is C57H39NO. The van der Waals surface area contributed by atoms with Gasteiger partial charge in [-0.05, 0) is 126 Å². The molecule has 0 radical (unpaired) electrons. The number of benzene rings is 10. The van der Waals surface area contributed by atoms with Gasteiger partial charge in [0.15, 0.2) is 0 Å². The van der Waals surface area contributed by atoms with Gasteiger partial charge in [-0.15, -0.1) is 0 Å². The van der Waals surface area contributed by atoms with Crippen LogP contribution in [0.5, 0.6) is 0 Å². The summed E-state index contributed by atoms with van der Waals surface area (Å²) in [5.41, 5.74) is 15.3. The van der Waals surface area contributed by atoms with Crippen molar-refractivity contribution in [3.05, 3.63) is 211 Å². The lowest BCUT2D eigenvalue weighted by molar-refractivity contribution is 0.660. The van der Waals surface area contributed by atoms with Gasteiger partial charge in [-0.25, -0.2) is 0 Å². The number of hydrogen-bond acceptors (Lipinski definition) is 2. The van der Waals surface area contributed by atoms with Crippen molar-refractivity contribution >= 4 is 71.3 Å². The lowest BCUT2D eigenvalue weighted by atomic mass is 9.82. The van der Waals surface area contributed by atoms with E-state index in [0.717, 1.165) is 33.6 Å². The molecule has 0 N–H and O–H groups in total. The summed E-state index contributed by atoms with van der Waals surface area (Å²) in [6, 6.07) is 73.1. The highest BCUT2D eigenvalue weighted by atomic mass is 16.3. The molecule has 10 aromatic carbocycles. The Morgan fingerprint density at radius 3 is 1.71 bits per heavy atom. The Kier molecular flexibility index (Phi) is 7.31. The van der Waals surface area contributed by atoms with Crippen LogP contribution in [0.1, 0.15) is 25.0 Å². The van der Waals surface area contributed by atoms with E-state index in [1.54, 1.807) is 0 Å². The summed E-state index contributed by atoms with van der Waals surface area (Å²) in [5, 5.41) is 9.81. The van der Waals surface area contributed by atoms with E-state index in [2.05, 4.69) is 213 Å². The Hall–Kier alpha value is -7.42. The molecule has 0 aliphatic heterocycles. The quantitative estimate of drug-likeness (QED) is 0.163. The molecule has 1 aromatic heterocycles. The second-order valence-electron chi connectivity index (χ2n) is 16.4. The van der Waals surface area contributed by atoms with E-state index in [0.29, 0.717) is 0 Å². The van der Waals surface area contributed by atoms with Crippen LogP contribution in [0.4, 0.5) is 17.1 Å². The first kappa shape index (κ1) is 33.7. The zero-order valence-electron chi connectivity index (χ0n) is 32.9. The molecular weight excluding hydrogens is 715 g/mol. The fraction of sp³-hybridized carbons (Fsp3) is 0.0526. The molecule has 11 aromatic rings. The van der Waals surface area contributed by atoms with Crippen LogP contribution < -0.4 is 4.90 Å². The minimum atomic E-state index is -0.107. The molecule has 12 rings (SSSR count). The normalized spacial score (nSPS) is 13.1. The number of fused-ring (bicyclic) bond motifs is 13. The van der Waals surface area contributed by atoms with Gasteiger partial charge in [0, 0.05) is 38.6 Å². The van der Waals surface area contributed by atoms with Gasteiger partial charge in [-0.1, -0.05) is 159 Å². The van der Waals surface area contributed by atoms with Crippen molar-refractivity contribution in [2.24, 2.45) is 0 Å². The number of anilines is 3. The third kappa shape index (κ3) is 5.06. The third-order valence-corrected chi connectivity index (χ3v) is 12.9. The monoisotopic (exact) mass is 753 g/mol. The van der Waals surface area contributed by atoms with Crippen LogP contribution in [0.25, 0.3) is 87.6 Å². The highest BCUT2D eigenvalue weighted by Gasteiger charge is 2.35. The number of para-hydroxylation sites is 1. The van der Waals surface area contributed by atoms with Gasteiger partial charge in [0.05, 0.1) is 0 Å². The predicted molar refractivity (Wildman–Crippen MR) is 249 cm³/mol. The molecule has 2 heteroatoms. The molecule has 0 saturated heterocycles. The van der Waals surface area contributed by atoms with Crippen LogP contribution in [0.15, 0.2) is 205 Å². The summed E-state index contributed by atoms with van der Waals surface area (Å²) >= 11 is 0. The fourth-order valence-electron chi connectivity index (χ4n) is 10.1. The number of furan rings is 1. The van der Waals surface area contributed by atoms with Crippen molar-refractivity contribution in [3.63, 3.8) is 0 Å². The molecule has 0 atom stereocenters. The molecule has 59 heavy (non-hydrogen) atoms. The maximum Gasteiger partial charge on any atom is 0.136 e. The zero-order valence-corrected chi connectivity index (χ0v) is 32.9. The van der Waals surface area contributed by atoms with Gasteiger partial charge in [0.2, 0.25) is 0 Å². The third-order valence-electron chi connectivity index (χ3n) is 12.9. The fourth-order valence-corrected chi connectivity index (χ4v) is 10.1. The molecule has 1 aliphatic carbocycles. The molecule has 1 heterocycles. The second kappa shape index (κ2) is 12.8. The number of hydrogen-bond donors (Lipinski definition) is 0. The van der Waals surface area contributed by atoms with Gasteiger partial charge in [-0.2, -0.15) is 0 Å². The molecule has 2 nitrogen and oxygen atoms in total. The van der Waals surface area contributed by atoms with Crippen LogP contribution >= 0.6 is 0 Å². The van der Waals surface area contributed by atoms with Crippen molar-refractivity contribution in [2.45, 2.75) is 19.3 Å². The summed E-state index contributed by atoms with van der Waals surface area (Å²) in [6.45, 7) is 4.71. The van der Waals surface area contributed by atoms with Gasteiger partial charge >= 0.3 is 0 Å². The van der Waals surface area contributed by atoms with Crippen molar-refractivity contribution in [2.75, 3.05) is 4.90 Å². The average molecular weight is 754 g/mol. The minimum Gasteiger partial charge on any atom is -0.456 e. The molecule has 0 saturated carbocycles. The summed E-state index contributed by atoms with van der Waals surface area (Å²) in [4.78, 5) is 2.41. The molecule has 0 unspecified atom stereocenters. The van der Waals surface area contributed by atoms with Crippen molar-refractivity contribution < 1.29 is 4.42 Å². The molecule has 0 fully saturated rings. The van der Waals surface area contributed by atoms with E-state index in [9.17, 15) is 0 Å². The van der Waals surface area contributed by atoms with Crippen molar-refractivity contribution in [1.82, 2.24) is 0 Å². The Labute approximate surface area is 343 Å². The van der Waals surface area contributed by atoms with Crippen LogP contribution in [-0.4, -0.2) is 0 Å². The SMILES string of the molecule is CC1(C)c2ccccc2-c2ccc(N(c3ccc(-c4ccccc4)cc3)c3ccc(-c4cccc5c6ccccc6c6c(ccc7oc8ccccc8c76)c45)cc3)cc21. The predicted octanol–water partition coefficient (Wildman–Crippen LogP) is 16.2.